The first kappa shape index (κ1) is 14.7. The first-order valence-corrected chi connectivity index (χ1v) is 8.05. The molecule has 3 rings (SSSR count). The fraction of sp³-hybridized carbons (Fsp3) is 0.250. The van der Waals surface area contributed by atoms with Gasteiger partial charge in [0.2, 0.25) is 0 Å². The van der Waals surface area contributed by atoms with Gasteiger partial charge in [0.05, 0.1) is 14.2 Å². The minimum absolute atomic E-state index is 0.703. The van der Waals surface area contributed by atoms with E-state index in [1.807, 2.05) is 30.7 Å². The van der Waals surface area contributed by atoms with Crippen LogP contribution in [0.2, 0.25) is 0 Å². The Hall–Kier alpha value is -2.21. The fourth-order valence-corrected chi connectivity index (χ4v) is 2.66. The number of ether oxygens (including phenoxy) is 2. The van der Waals surface area contributed by atoms with Crippen LogP contribution in [0.5, 0.6) is 11.5 Å². The minimum Gasteiger partial charge on any atom is -0.497 e. The summed E-state index contributed by atoms with van der Waals surface area (Å²) >= 11 is 1.53. The van der Waals surface area contributed by atoms with Crippen LogP contribution in [0.3, 0.4) is 0 Å². The van der Waals surface area contributed by atoms with Gasteiger partial charge in [-0.15, -0.1) is 0 Å². The summed E-state index contributed by atoms with van der Waals surface area (Å²) in [6.45, 7) is 0.703. The van der Waals surface area contributed by atoms with Gasteiger partial charge >= 0.3 is 0 Å². The molecule has 0 amide bonds. The number of thioether (sulfide) groups is 1. The lowest BCUT2D eigenvalue weighted by Crippen LogP contribution is -2.12. The zero-order valence-corrected chi connectivity index (χ0v) is 13.5. The van der Waals surface area contributed by atoms with Gasteiger partial charge in [0.1, 0.15) is 17.3 Å². The molecule has 0 bridgehead atoms. The maximum Gasteiger partial charge on any atom is 0.189 e. The van der Waals surface area contributed by atoms with E-state index in [1.165, 1.54) is 11.8 Å². The Balaban J connectivity index is 2.00. The molecule has 1 aromatic heterocycles. The zero-order chi connectivity index (χ0) is 15.5. The Labute approximate surface area is 133 Å². The van der Waals surface area contributed by atoms with Gasteiger partial charge in [-0.3, -0.25) is 0 Å². The highest BCUT2D eigenvalue weighted by atomic mass is 32.2. The predicted octanol–water partition coefficient (Wildman–Crippen LogP) is 3.18. The molecule has 114 valence electrons. The van der Waals surface area contributed by atoms with Crippen LogP contribution in [0.1, 0.15) is 11.1 Å². The van der Waals surface area contributed by atoms with E-state index in [4.69, 9.17) is 9.47 Å². The number of hydrogen-bond donors (Lipinski definition) is 1. The molecule has 1 aliphatic rings. The van der Waals surface area contributed by atoms with Crippen molar-refractivity contribution in [3.63, 3.8) is 0 Å². The van der Waals surface area contributed by atoms with Gasteiger partial charge in [-0.05, 0) is 35.6 Å². The minimum atomic E-state index is 0.703. The molecule has 0 unspecified atom stereocenters. The lowest BCUT2D eigenvalue weighted by Gasteiger charge is -2.19. The first-order valence-electron chi connectivity index (χ1n) is 6.82. The van der Waals surface area contributed by atoms with Crippen LogP contribution in [0.4, 0.5) is 5.82 Å². The monoisotopic (exact) mass is 315 g/mol. The highest BCUT2D eigenvalue weighted by molar-refractivity contribution is 7.98. The Kier molecular flexibility index (Phi) is 4.20. The molecular weight excluding hydrogens is 298 g/mol. The highest BCUT2D eigenvalue weighted by Gasteiger charge is 2.15. The lowest BCUT2D eigenvalue weighted by molar-refractivity contribution is 0.394. The molecule has 0 saturated heterocycles. The van der Waals surface area contributed by atoms with Crippen molar-refractivity contribution in [2.24, 2.45) is 0 Å². The summed E-state index contributed by atoms with van der Waals surface area (Å²) in [7, 11) is 3.30. The number of fused-ring (bicyclic) bond motifs is 1. The maximum atomic E-state index is 5.33. The molecule has 2 heterocycles. The van der Waals surface area contributed by atoms with E-state index in [-0.39, 0.29) is 0 Å². The normalized spacial score (nSPS) is 13.0. The molecule has 22 heavy (non-hydrogen) atoms. The van der Waals surface area contributed by atoms with Crippen LogP contribution in [-0.2, 0) is 0 Å². The van der Waals surface area contributed by atoms with Crippen LogP contribution in [-0.4, -0.2) is 37.0 Å². The van der Waals surface area contributed by atoms with Gasteiger partial charge in [0, 0.05) is 24.4 Å². The zero-order valence-electron chi connectivity index (χ0n) is 12.7. The molecule has 0 spiro atoms. The second kappa shape index (κ2) is 6.27. The molecule has 1 aliphatic heterocycles. The molecular formula is C16H17N3O2S. The second-order valence-corrected chi connectivity index (χ2v) is 5.56. The second-order valence-electron chi connectivity index (χ2n) is 4.79. The average Bonchev–Trinajstić information content (AvgIpc) is 2.60. The van der Waals surface area contributed by atoms with Crippen molar-refractivity contribution in [1.82, 2.24) is 9.97 Å². The van der Waals surface area contributed by atoms with Crippen molar-refractivity contribution in [3.8, 4) is 11.5 Å². The third kappa shape index (κ3) is 2.87. The summed E-state index contributed by atoms with van der Waals surface area (Å²) in [5.74, 6) is 2.42. The summed E-state index contributed by atoms with van der Waals surface area (Å²) in [5.41, 5.74) is 3.19. The van der Waals surface area contributed by atoms with Crippen molar-refractivity contribution >= 4 is 29.2 Å². The first-order chi connectivity index (χ1) is 10.7. The molecule has 0 saturated carbocycles. The van der Waals surface area contributed by atoms with E-state index < -0.39 is 0 Å². The van der Waals surface area contributed by atoms with Gasteiger partial charge in [-0.25, -0.2) is 9.97 Å². The van der Waals surface area contributed by atoms with Gasteiger partial charge in [0.15, 0.2) is 5.16 Å². The standard InChI is InChI=1S/C16H17N3O2S/c1-20-13-5-10(6-14(7-13)21-2)11-4-12-9-18-16(22-3)19-15(12)17-8-11/h4-7,9H,8H2,1-3H3,(H,17,18,19). The molecule has 2 aromatic rings. The van der Waals surface area contributed by atoms with Gasteiger partial charge < -0.3 is 14.8 Å². The SMILES string of the molecule is COc1cc(OC)cc(C2=Cc3cnc(SC)nc3NC2)c1. The Morgan fingerprint density at radius 3 is 2.50 bits per heavy atom. The maximum absolute atomic E-state index is 5.33. The summed E-state index contributed by atoms with van der Waals surface area (Å²) in [5, 5.41) is 4.12. The van der Waals surface area contributed by atoms with Crippen molar-refractivity contribution in [2.75, 3.05) is 32.3 Å². The number of rotatable bonds is 4. The molecule has 0 atom stereocenters. The largest absolute Gasteiger partial charge is 0.497 e. The molecule has 0 fully saturated rings. The highest BCUT2D eigenvalue weighted by Crippen LogP contribution is 2.32. The third-order valence-corrected chi connectivity index (χ3v) is 4.04. The number of nitrogens with one attached hydrogen (secondary N) is 1. The van der Waals surface area contributed by atoms with Crippen LogP contribution in [0.25, 0.3) is 11.6 Å². The smallest absolute Gasteiger partial charge is 0.189 e. The summed E-state index contributed by atoms with van der Waals surface area (Å²) in [4.78, 5) is 8.80. The fourth-order valence-electron chi connectivity index (χ4n) is 2.32. The van der Waals surface area contributed by atoms with E-state index in [0.29, 0.717) is 6.54 Å². The van der Waals surface area contributed by atoms with E-state index in [1.54, 1.807) is 14.2 Å². The van der Waals surface area contributed by atoms with E-state index in [0.717, 1.165) is 39.2 Å². The molecule has 0 aliphatic carbocycles. The summed E-state index contributed by atoms with van der Waals surface area (Å²) in [6.07, 6.45) is 5.91. The van der Waals surface area contributed by atoms with E-state index in [9.17, 15) is 0 Å². The molecule has 6 heteroatoms. The number of methoxy groups -OCH3 is 2. The van der Waals surface area contributed by atoms with Crippen molar-refractivity contribution < 1.29 is 9.47 Å². The van der Waals surface area contributed by atoms with Gasteiger partial charge in [-0.2, -0.15) is 0 Å². The number of hydrogen-bond acceptors (Lipinski definition) is 6. The number of anilines is 1. The van der Waals surface area contributed by atoms with Crippen LogP contribution < -0.4 is 14.8 Å². The summed E-state index contributed by atoms with van der Waals surface area (Å²) in [6, 6.07) is 5.86. The molecule has 0 radical (unpaired) electrons. The van der Waals surface area contributed by atoms with Crippen molar-refractivity contribution in [1.29, 1.82) is 0 Å². The van der Waals surface area contributed by atoms with Crippen molar-refractivity contribution in [2.45, 2.75) is 5.16 Å². The van der Waals surface area contributed by atoms with Gasteiger partial charge in [-0.1, -0.05) is 11.8 Å². The van der Waals surface area contributed by atoms with Crippen molar-refractivity contribution in [3.05, 3.63) is 35.5 Å². The molecule has 5 nitrogen and oxygen atoms in total. The topological polar surface area (TPSA) is 56.3 Å². The molecule has 1 aromatic carbocycles. The number of nitrogens with zero attached hydrogens (tertiary/aromatic N) is 2. The van der Waals surface area contributed by atoms with Crippen LogP contribution in [0, 0.1) is 0 Å². The number of benzene rings is 1. The Morgan fingerprint density at radius 1 is 1.14 bits per heavy atom. The van der Waals surface area contributed by atoms with Gasteiger partial charge in [0.25, 0.3) is 0 Å². The quantitative estimate of drug-likeness (QED) is 0.691. The van der Waals surface area contributed by atoms with E-state index >= 15 is 0 Å². The average molecular weight is 315 g/mol. The number of aromatic nitrogens is 2. The third-order valence-electron chi connectivity index (χ3n) is 3.48. The molecule has 1 N–H and O–H groups in total. The Morgan fingerprint density at radius 2 is 1.86 bits per heavy atom. The predicted molar refractivity (Wildman–Crippen MR) is 89.7 cm³/mol. The summed E-state index contributed by atoms with van der Waals surface area (Å²) < 4.78 is 10.7. The van der Waals surface area contributed by atoms with Crippen LogP contribution in [0.15, 0.2) is 29.6 Å². The lowest BCUT2D eigenvalue weighted by atomic mass is 10.0. The van der Waals surface area contributed by atoms with Crippen LogP contribution >= 0.6 is 11.8 Å². The Bertz CT molecular complexity index is 709. The van der Waals surface area contributed by atoms with E-state index in [2.05, 4.69) is 21.4 Å².